The van der Waals surface area contributed by atoms with Gasteiger partial charge in [0.2, 0.25) is 0 Å². The number of aliphatic hydroxyl groups is 1. The number of hydrogen-bond acceptors (Lipinski definition) is 4. The first-order chi connectivity index (χ1) is 10.7. The summed E-state index contributed by atoms with van der Waals surface area (Å²) in [5.41, 5.74) is 2.31. The van der Waals surface area contributed by atoms with Crippen LogP contribution in [0.2, 0.25) is 0 Å². The molecule has 4 heteroatoms. The third-order valence-corrected chi connectivity index (χ3v) is 4.46. The number of anilines is 1. The summed E-state index contributed by atoms with van der Waals surface area (Å²) in [5, 5.41) is 10.6. The summed E-state index contributed by atoms with van der Waals surface area (Å²) in [5.74, 6) is 1.47. The van der Waals surface area contributed by atoms with Crippen molar-refractivity contribution < 1.29 is 5.11 Å². The maximum atomic E-state index is 9.41. The van der Waals surface area contributed by atoms with Crippen molar-refractivity contribution in [2.24, 2.45) is 5.92 Å². The molecule has 0 unspecified atom stereocenters. The average molecular weight is 299 g/mol. The van der Waals surface area contributed by atoms with E-state index in [9.17, 15) is 5.11 Å². The van der Waals surface area contributed by atoms with Gasteiger partial charge in [-0.1, -0.05) is 18.2 Å². The Hall–Kier alpha value is -1.65. The first-order valence-corrected chi connectivity index (χ1v) is 8.06. The molecule has 4 nitrogen and oxygen atoms in total. The van der Waals surface area contributed by atoms with Gasteiger partial charge in [-0.15, -0.1) is 0 Å². The van der Waals surface area contributed by atoms with Crippen LogP contribution in [-0.2, 0) is 6.54 Å². The molecule has 0 saturated carbocycles. The Morgan fingerprint density at radius 1 is 1.32 bits per heavy atom. The van der Waals surface area contributed by atoms with Crippen molar-refractivity contribution in [1.82, 2.24) is 9.88 Å². The zero-order valence-electron chi connectivity index (χ0n) is 13.5. The Balaban J connectivity index is 1.89. The van der Waals surface area contributed by atoms with Crippen molar-refractivity contribution in [2.75, 3.05) is 38.7 Å². The van der Waals surface area contributed by atoms with Crippen LogP contribution < -0.4 is 4.90 Å². The van der Waals surface area contributed by atoms with E-state index in [-0.39, 0.29) is 0 Å². The van der Waals surface area contributed by atoms with Gasteiger partial charge in [0.25, 0.3) is 0 Å². The standard InChI is InChI=1S/C18H25N3O/c1-20(2)18-16(10-15-7-3-4-8-17(15)19-18)12-21-9-5-6-14(11-21)13-22/h3-4,7-8,10,14,22H,5-6,9,11-13H2,1-2H3/t14-/m1/s1. The summed E-state index contributed by atoms with van der Waals surface area (Å²) >= 11 is 0. The molecule has 1 fully saturated rings. The number of aromatic nitrogens is 1. The Morgan fingerprint density at radius 2 is 2.14 bits per heavy atom. The second-order valence-corrected chi connectivity index (χ2v) is 6.48. The van der Waals surface area contributed by atoms with Crippen LogP contribution in [0.3, 0.4) is 0 Å². The number of nitrogens with zero attached hydrogens (tertiary/aromatic N) is 3. The fourth-order valence-electron chi connectivity index (χ4n) is 3.34. The van der Waals surface area contributed by atoms with E-state index in [1.165, 1.54) is 17.4 Å². The smallest absolute Gasteiger partial charge is 0.133 e. The Kier molecular flexibility index (Phi) is 4.60. The summed E-state index contributed by atoms with van der Waals surface area (Å²) in [7, 11) is 4.10. The van der Waals surface area contributed by atoms with E-state index >= 15 is 0 Å². The Labute approximate surface area is 132 Å². The predicted molar refractivity (Wildman–Crippen MR) is 91.2 cm³/mol. The van der Waals surface area contributed by atoms with Gasteiger partial charge in [-0.3, -0.25) is 4.90 Å². The van der Waals surface area contributed by atoms with Crippen molar-refractivity contribution in [1.29, 1.82) is 0 Å². The van der Waals surface area contributed by atoms with E-state index in [4.69, 9.17) is 4.98 Å². The molecule has 2 aromatic rings. The highest BCUT2D eigenvalue weighted by atomic mass is 16.3. The second kappa shape index (κ2) is 6.63. The molecule has 0 radical (unpaired) electrons. The highest BCUT2D eigenvalue weighted by Gasteiger charge is 2.21. The largest absolute Gasteiger partial charge is 0.396 e. The minimum Gasteiger partial charge on any atom is -0.396 e. The lowest BCUT2D eigenvalue weighted by Gasteiger charge is -2.32. The number of rotatable bonds is 4. The van der Waals surface area contributed by atoms with Crippen LogP contribution in [-0.4, -0.2) is 48.8 Å². The van der Waals surface area contributed by atoms with Crippen molar-refractivity contribution in [3.63, 3.8) is 0 Å². The lowest BCUT2D eigenvalue weighted by molar-refractivity contribution is 0.116. The molecule has 0 aliphatic carbocycles. The second-order valence-electron chi connectivity index (χ2n) is 6.48. The SMILES string of the molecule is CN(C)c1nc2ccccc2cc1CN1CCC[C@@H](CO)C1. The lowest BCUT2D eigenvalue weighted by Crippen LogP contribution is -2.36. The summed E-state index contributed by atoms with van der Waals surface area (Å²) in [4.78, 5) is 9.37. The molecular formula is C18H25N3O. The van der Waals surface area contributed by atoms with Gasteiger partial charge in [0.05, 0.1) is 5.52 Å². The number of benzene rings is 1. The Bertz CT molecular complexity index is 641. The fourth-order valence-corrected chi connectivity index (χ4v) is 3.34. The highest BCUT2D eigenvalue weighted by molar-refractivity contribution is 5.81. The highest BCUT2D eigenvalue weighted by Crippen LogP contribution is 2.25. The van der Waals surface area contributed by atoms with Crippen LogP contribution >= 0.6 is 0 Å². The maximum absolute atomic E-state index is 9.41. The van der Waals surface area contributed by atoms with E-state index < -0.39 is 0 Å². The minimum absolute atomic E-state index is 0.299. The number of fused-ring (bicyclic) bond motifs is 1. The fraction of sp³-hybridized carbons (Fsp3) is 0.500. The topological polar surface area (TPSA) is 39.6 Å². The molecule has 22 heavy (non-hydrogen) atoms. The van der Waals surface area contributed by atoms with Gasteiger partial charge >= 0.3 is 0 Å². The molecule has 1 aliphatic heterocycles. The molecule has 1 aromatic heterocycles. The van der Waals surface area contributed by atoms with Crippen molar-refractivity contribution in [2.45, 2.75) is 19.4 Å². The molecule has 1 aliphatic rings. The van der Waals surface area contributed by atoms with Crippen molar-refractivity contribution in [3.05, 3.63) is 35.9 Å². The van der Waals surface area contributed by atoms with Gasteiger partial charge in [-0.05, 0) is 37.4 Å². The number of aliphatic hydroxyl groups excluding tert-OH is 1. The number of pyridine rings is 1. The molecule has 1 saturated heterocycles. The Morgan fingerprint density at radius 3 is 2.91 bits per heavy atom. The maximum Gasteiger partial charge on any atom is 0.133 e. The number of piperidine rings is 1. The van der Waals surface area contributed by atoms with Gasteiger partial charge in [0, 0.05) is 44.7 Å². The molecule has 1 atom stereocenters. The number of hydrogen-bond donors (Lipinski definition) is 1. The molecule has 0 amide bonds. The first-order valence-electron chi connectivity index (χ1n) is 8.06. The zero-order chi connectivity index (χ0) is 15.5. The van der Waals surface area contributed by atoms with Gasteiger partial charge in [0.1, 0.15) is 5.82 Å². The van der Waals surface area contributed by atoms with Gasteiger partial charge < -0.3 is 10.0 Å². The summed E-state index contributed by atoms with van der Waals surface area (Å²) in [6, 6.07) is 10.5. The summed E-state index contributed by atoms with van der Waals surface area (Å²) in [6.45, 7) is 3.29. The van der Waals surface area contributed by atoms with Crippen LogP contribution in [0.1, 0.15) is 18.4 Å². The molecule has 0 bridgehead atoms. The summed E-state index contributed by atoms with van der Waals surface area (Å²) in [6.07, 6.45) is 2.31. The number of likely N-dealkylation sites (tertiary alicyclic amines) is 1. The number of para-hydroxylation sites is 1. The van der Waals surface area contributed by atoms with Crippen LogP contribution in [0.5, 0.6) is 0 Å². The van der Waals surface area contributed by atoms with Crippen LogP contribution in [0, 0.1) is 5.92 Å². The van der Waals surface area contributed by atoms with E-state index in [1.54, 1.807) is 0 Å². The van der Waals surface area contributed by atoms with Crippen LogP contribution in [0.4, 0.5) is 5.82 Å². The minimum atomic E-state index is 0.299. The van der Waals surface area contributed by atoms with E-state index in [2.05, 4.69) is 34.1 Å². The van der Waals surface area contributed by atoms with Gasteiger partial charge in [0.15, 0.2) is 0 Å². The van der Waals surface area contributed by atoms with Gasteiger partial charge in [-0.25, -0.2) is 4.98 Å². The average Bonchev–Trinajstić information content (AvgIpc) is 2.54. The molecule has 1 N–H and O–H groups in total. The van der Waals surface area contributed by atoms with E-state index in [0.29, 0.717) is 12.5 Å². The van der Waals surface area contributed by atoms with E-state index in [0.717, 1.165) is 37.4 Å². The zero-order valence-corrected chi connectivity index (χ0v) is 13.5. The summed E-state index contributed by atoms with van der Waals surface area (Å²) < 4.78 is 0. The molecule has 2 heterocycles. The normalized spacial score (nSPS) is 19.5. The predicted octanol–water partition coefficient (Wildman–Crippen LogP) is 2.51. The van der Waals surface area contributed by atoms with Crippen LogP contribution in [0.25, 0.3) is 10.9 Å². The first kappa shape index (κ1) is 15.3. The third kappa shape index (κ3) is 3.23. The lowest BCUT2D eigenvalue weighted by atomic mass is 9.98. The van der Waals surface area contributed by atoms with E-state index in [1.807, 2.05) is 20.2 Å². The van der Waals surface area contributed by atoms with Crippen molar-refractivity contribution >= 4 is 16.7 Å². The quantitative estimate of drug-likeness (QED) is 0.941. The molecular weight excluding hydrogens is 274 g/mol. The molecule has 0 spiro atoms. The van der Waals surface area contributed by atoms with Crippen molar-refractivity contribution in [3.8, 4) is 0 Å². The third-order valence-electron chi connectivity index (χ3n) is 4.46. The molecule has 1 aromatic carbocycles. The molecule has 118 valence electrons. The monoisotopic (exact) mass is 299 g/mol. The molecule has 3 rings (SSSR count). The van der Waals surface area contributed by atoms with Crippen LogP contribution in [0.15, 0.2) is 30.3 Å². The van der Waals surface area contributed by atoms with Gasteiger partial charge in [-0.2, -0.15) is 0 Å².